The molecule has 2 heterocycles. The Morgan fingerprint density at radius 2 is 2.18 bits per heavy atom. The van der Waals surface area contributed by atoms with E-state index in [1.165, 1.54) is 12.8 Å². The second-order valence-corrected chi connectivity index (χ2v) is 6.86. The first-order chi connectivity index (χ1) is 10.5. The second-order valence-electron chi connectivity index (χ2n) is 6.86. The standard InChI is InChI=1S/C17H27N3O2/c1-12-9-13(2)20(18-12)10-16-5-4-8-19(16)17(21)14(3)22-11-15-6-7-15/h9,14-16H,4-8,10-11H2,1-3H3/t14-,16+/m0/s1. The first kappa shape index (κ1) is 15.5. The van der Waals surface area contributed by atoms with E-state index in [0.717, 1.165) is 43.9 Å². The van der Waals surface area contributed by atoms with Crippen molar-refractivity contribution in [3.8, 4) is 0 Å². The Morgan fingerprint density at radius 3 is 2.82 bits per heavy atom. The van der Waals surface area contributed by atoms with Gasteiger partial charge in [0.1, 0.15) is 6.10 Å². The number of nitrogens with zero attached hydrogens (tertiary/aromatic N) is 3. The van der Waals surface area contributed by atoms with Crippen molar-refractivity contribution in [2.45, 2.75) is 65.1 Å². The summed E-state index contributed by atoms with van der Waals surface area (Å²) in [6.07, 6.45) is 4.32. The van der Waals surface area contributed by atoms with Crippen LogP contribution in [0.4, 0.5) is 0 Å². The fourth-order valence-corrected chi connectivity index (χ4v) is 3.24. The monoisotopic (exact) mass is 305 g/mol. The maximum absolute atomic E-state index is 12.6. The maximum Gasteiger partial charge on any atom is 0.251 e. The van der Waals surface area contributed by atoms with Crippen molar-refractivity contribution >= 4 is 5.91 Å². The lowest BCUT2D eigenvalue weighted by Crippen LogP contribution is -2.44. The summed E-state index contributed by atoms with van der Waals surface area (Å²) in [4.78, 5) is 14.6. The molecule has 1 aliphatic carbocycles. The number of likely N-dealkylation sites (tertiary alicyclic amines) is 1. The predicted octanol–water partition coefficient (Wildman–Crippen LogP) is 2.31. The summed E-state index contributed by atoms with van der Waals surface area (Å²) in [5.41, 5.74) is 2.20. The summed E-state index contributed by atoms with van der Waals surface area (Å²) in [6, 6.07) is 2.33. The van der Waals surface area contributed by atoms with Crippen LogP contribution in [0.1, 0.15) is 44.0 Å². The number of hydrogen-bond acceptors (Lipinski definition) is 3. The van der Waals surface area contributed by atoms with Crippen molar-refractivity contribution < 1.29 is 9.53 Å². The number of aromatic nitrogens is 2. The Bertz CT molecular complexity index is 536. The Labute approximate surface area is 132 Å². The molecule has 1 aliphatic heterocycles. The van der Waals surface area contributed by atoms with E-state index in [2.05, 4.69) is 18.1 Å². The van der Waals surface area contributed by atoms with Gasteiger partial charge in [0.2, 0.25) is 0 Å². The highest BCUT2D eigenvalue weighted by atomic mass is 16.5. The molecule has 1 aromatic rings. The van der Waals surface area contributed by atoms with Crippen molar-refractivity contribution in [1.29, 1.82) is 0 Å². The third kappa shape index (κ3) is 3.51. The van der Waals surface area contributed by atoms with Crippen LogP contribution in [0.15, 0.2) is 6.07 Å². The van der Waals surface area contributed by atoms with Gasteiger partial charge in [-0.05, 0) is 58.4 Å². The van der Waals surface area contributed by atoms with Gasteiger partial charge in [0.05, 0.1) is 24.9 Å². The van der Waals surface area contributed by atoms with Gasteiger partial charge in [-0.25, -0.2) is 0 Å². The van der Waals surface area contributed by atoms with Crippen molar-refractivity contribution in [1.82, 2.24) is 14.7 Å². The van der Waals surface area contributed by atoms with Gasteiger partial charge in [0.15, 0.2) is 0 Å². The molecular formula is C17H27N3O2. The number of hydrogen-bond donors (Lipinski definition) is 0. The van der Waals surface area contributed by atoms with Crippen LogP contribution in [0, 0.1) is 19.8 Å². The molecule has 0 spiro atoms. The van der Waals surface area contributed by atoms with E-state index in [4.69, 9.17) is 4.74 Å². The van der Waals surface area contributed by atoms with E-state index in [9.17, 15) is 4.79 Å². The summed E-state index contributed by atoms with van der Waals surface area (Å²) in [5.74, 6) is 0.837. The minimum Gasteiger partial charge on any atom is -0.368 e. The highest BCUT2D eigenvalue weighted by Crippen LogP contribution is 2.29. The molecule has 0 N–H and O–H groups in total. The molecule has 0 aromatic carbocycles. The number of ether oxygens (including phenoxy) is 1. The maximum atomic E-state index is 12.6. The summed E-state index contributed by atoms with van der Waals surface area (Å²) < 4.78 is 7.78. The van der Waals surface area contributed by atoms with E-state index in [1.807, 2.05) is 23.4 Å². The molecule has 1 saturated carbocycles. The van der Waals surface area contributed by atoms with Crippen LogP contribution in [0.25, 0.3) is 0 Å². The van der Waals surface area contributed by atoms with Gasteiger partial charge in [-0.15, -0.1) is 0 Å². The molecule has 22 heavy (non-hydrogen) atoms. The summed E-state index contributed by atoms with van der Waals surface area (Å²) in [5, 5.41) is 4.53. The van der Waals surface area contributed by atoms with E-state index in [0.29, 0.717) is 5.92 Å². The van der Waals surface area contributed by atoms with Gasteiger partial charge in [-0.1, -0.05) is 0 Å². The predicted molar refractivity (Wildman–Crippen MR) is 84.6 cm³/mol. The molecule has 5 heteroatoms. The lowest BCUT2D eigenvalue weighted by Gasteiger charge is -2.28. The number of aryl methyl sites for hydroxylation is 2. The van der Waals surface area contributed by atoms with E-state index < -0.39 is 0 Å². The zero-order valence-corrected chi connectivity index (χ0v) is 13.9. The zero-order chi connectivity index (χ0) is 15.7. The Balaban J connectivity index is 1.59. The fraction of sp³-hybridized carbons (Fsp3) is 0.765. The van der Waals surface area contributed by atoms with Gasteiger partial charge < -0.3 is 9.64 Å². The molecule has 0 radical (unpaired) electrons. The first-order valence-electron chi connectivity index (χ1n) is 8.47. The summed E-state index contributed by atoms with van der Waals surface area (Å²) >= 11 is 0. The molecule has 2 fully saturated rings. The fourth-order valence-electron chi connectivity index (χ4n) is 3.24. The minimum absolute atomic E-state index is 0.143. The van der Waals surface area contributed by atoms with Gasteiger partial charge in [-0.3, -0.25) is 9.48 Å². The Morgan fingerprint density at radius 1 is 1.41 bits per heavy atom. The highest BCUT2D eigenvalue weighted by Gasteiger charge is 2.33. The van der Waals surface area contributed by atoms with Crippen LogP contribution in [0.2, 0.25) is 0 Å². The molecular weight excluding hydrogens is 278 g/mol. The van der Waals surface area contributed by atoms with Crippen molar-refractivity contribution in [3.05, 3.63) is 17.5 Å². The molecule has 5 nitrogen and oxygen atoms in total. The Kier molecular flexibility index (Phi) is 4.52. The second kappa shape index (κ2) is 6.41. The third-order valence-corrected chi connectivity index (χ3v) is 4.77. The highest BCUT2D eigenvalue weighted by molar-refractivity contribution is 5.81. The molecule has 1 saturated heterocycles. The molecule has 1 aromatic heterocycles. The zero-order valence-electron chi connectivity index (χ0n) is 13.9. The van der Waals surface area contributed by atoms with Crippen molar-refractivity contribution in [2.75, 3.05) is 13.2 Å². The van der Waals surface area contributed by atoms with Gasteiger partial charge in [0.25, 0.3) is 5.91 Å². The van der Waals surface area contributed by atoms with E-state index >= 15 is 0 Å². The van der Waals surface area contributed by atoms with Crippen LogP contribution in [-0.4, -0.2) is 45.9 Å². The van der Waals surface area contributed by atoms with Crippen LogP contribution in [0.3, 0.4) is 0 Å². The van der Waals surface area contributed by atoms with Crippen LogP contribution in [-0.2, 0) is 16.1 Å². The molecule has 122 valence electrons. The first-order valence-corrected chi connectivity index (χ1v) is 8.47. The average Bonchev–Trinajstić information content (AvgIpc) is 3.11. The largest absolute Gasteiger partial charge is 0.368 e. The summed E-state index contributed by atoms with van der Waals surface area (Å²) in [7, 11) is 0. The SMILES string of the molecule is Cc1cc(C)n(C[C@H]2CCCN2C(=O)[C@H](C)OCC2CC2)n1. The lowest BCUT2D eigenvalue weighted by atomic mass is 10.2. The number of carbonyl (C=O) groups is 1. The van der Waals surface area contributed by atoms with E-state index in [1.54, 1.807) is 0 Å². The minimum atomic E-state index is -0.318. The lowest BCUT2D eigenvalue weighted by molar-refractivity contribution is -0.144. The van der Waals surface area contributed by atoms with E-state index in [-0.39, 0.29) is 18.1 Å². The number of rotatable bonds is 6. The molecule has 3 rings (SSSR count). The smallest absolute Gasteiger partial charge is 0.251 e. The van der Waals surface area contributed by atoms with Crippen molar-refractivity contribution in [2.24, 2.45) is 5.92 Å². The normalized spacial score (nSPS) is 23.0. The topological polar surface area (TPSA) is 47.4 Å². The quantitative estimate of drug-likeness (QED) is 0.810. The molecule has 0 unspecified atom stereocenters. The number of amides is 1. The molecule has 2 aliphatic rings. The van der Waals surface area contributed by atoms with Gasteiger partial charge >= 0.3 is 0 Å². The van der Waals surface area contributed by atoms with Crippen LogP contribution in [0.5, 0.6) is 0 Å². The van der Waals surface area contributed by atoms with Crippen LogP contribution < -0.4 is 0 Å². The van der Waals surface area contributed by atoms with Crippen LogP contribution >= 0.6 is 0 Å². The third-order valence-electron chi connectivity index (χ3n) is 4.77. The van der Waals surface area contributed by atoms with Crippen molar-refractivity contribution in [3.63, 3.8) is 0 Å². The molecule has 0 bridgehead atoms. The molecule has 1 amide bonds. The van der Waals surface area contributed by atoms with Gasteiger partial charge in [0, 0.05) is 12.2 Å². The molecule has 2 atom stereocenters. The summed E-state index contributed by atoms with van der Waals surface area (Å²) in [6.45, 7) is 8.35. The van der Waals surface area contributed by atoms with Gasteiger partial charge in [-0.2, -0.15) is 5.10 Å². The number of carbonyl (C=O) groups excluding carboxylic acids is 1. The average molecular weight is 305 g/mol. The Hall–Kier alpha value is -1.36.